The van der Waals surface area contributed by atoms with E-state index in [1.807, 2.05) is 24.3 Å². The first kappa shape index (κ1) is 16.3. The lowest BCUT2D eigenvalue weighted by atomic mass is 10.2. The summed E-state index contributed by atoms with van der Waals surface area (Å²) >= 11 is 2.19. The van der Waals surface area contributed by atoms with Gasteiger partial charge in [-0.05, 0) is 59.0 Å². The minimum atomic E-state index is -0.410. The number of hydrogen-bond acceptors (Lipinski definition) is 4. The SMILES string of the molecule is COC(=O)c1cccc(NCC(=O)Nc2cccc(I)c2)c1. The minimum absolute atomic E-state index is 0.107. The van der Waals surface area contributed by atoms with Gasteiger partial charge >= 0.3 is 5.97 Å². The lowest BCUT2D eigenvalue weighted by Crippen LogP contribution is -2.21. The van der Waals surface area contributed by atoms with E-state index in [-0.39, 0.29) is 12.5 Å². The Morgan fingerprint density at radius 2 is 1.82 bits per heavy atom. The molecule has 2 N–H and O–H groups in total. The summed E-state index contributed by atoms with van der Waals surface area (Å²) in [5, 5.41) is 5.78. The summed E-state index contributed by atoms with van der Waals surface area (Å²) in [6, 6.07) is 14.4. The van der Waals surface area contributed by atoms with Crippen molar-refractivity contribution in [2.24, 2.45) is 0 Å². The predicted molar refractivity (Wildman–Crippen MR) is 94.1 cm³/mol. The summed E-state index contributed by atoms with van der Waals surface area (Å²) in [5.74, 6) is -0.572. The van der Waals surface area contributed by atoms with Crippen LogP contribution < -0.4 is 10.6 Å². The van der Waals surface area contributed by atoms with Gasteiger partial charge in [0.2, 0.25) is 5.91 Å². The molecule has 114 valence electrons. The van der Waals surface area contributed by atoms with Gasteiger partial charge in [0.1, 0.15) is 0 Å². The molecule has 0 saturated carbocycles. The van der Waals surface area contributed by atoms with Gasteiger partial charge in [0.25, 0.3) is 0 Å². The summed E-state index contributed by atoms with van der Waals surface area (Å²) in [6.45, 7) is 0.107. The Kier molecular flexibility index (Phi) is 5.76. The highest BCUT2D eigenvalue weighted by Gasteiger charge is 2.07. The van der Waals surface area contributed by atoms with Gasteiger partial charge in [0.15, 0.2) is 0 Å². The Morgan fingerprint density at radius 1 is 1.09 bits per heavy atom. The zero-order valence-electron chi connectivity index (χ0n) is 11.9. The Bertz CT molecular complexity index is 689. The standard InChI is InChI=1S/C16H15IN2O3/c1-22-16(21)11-4-2-6-13(8-11)18-10-15(20)19-14-7-3-5-12(17)9-14/h2-9,18H,10H2,1H3,(H,19,20). The quantitative estimate of drug-likeness (QED) is 0.587. The molecule has 0 fully saturated rings. The molecule has 2 rings (SSSR count). The number of carbonyl (C=O) groups excluding carboxylic acids is 2. The van der Waals surface area contributed by atoms with Crippen molar-refractivity contribution in [2.45, 2.75) is 0 Å². The monoisotopic (exact) mass is 410 g/mol. The summed E-state index contributed by atoms with van der Waals surface area (Å²) in [4.78, 5) is 23.4. The van der Waals surface area contributed by atoms with Crippen LogP contribution in [0.2, 0.25) is 0 Å². The summed E-state index contributed by atoms with van der Waals surface area (Å²) in [7, 11) is 1.33. The number of methoxy groups -OCH3 is 1. The lowest BCUT2D eigenvalue weighted by Gasteiger charge is -2.09. The Balaban J connectivity index is 1.92. The van der Waals surface area contributed by atoms with Gasteiger partial charge in [-0.1, -0.05) is 12.1 Å². The average molecular weight is 410 g/mol. The molecule has 0 aliphatic rings. The van der Waals surface area contributed by atoms with Gasteiger partial charge in [0.05, 0.1) is 19.2 Å². The third kappa shape index (κ3) is 4.73. The number of amides is 1. The van der Waals surface area contributed by atoms with E-state index in [2.05, 4.69) is 38.0 Å². The fourth-order valence-electron chi connectivity index (χ4n) is 1.83. The van der Waals surface area contributed by atoms with Crippen LogP contribution in [0, 0.1) is 3.57 Å². The first-order chi connectivity index (χ1) is 10.6. The third-order valence-corrected chi connectivity index (χ3v) is 3.52. The summed E-state index contributed by atoms with van der Waals surface area (Å²) in [6.07, 6.45) is 0. The van der Waals surface area contributed by atoms with Crippen LogP contribution in [0.3, 0.4) is 0 Å². The maximum absolute atomic E-state index is 11.9. The molecule has 22 heavy (non-hydrogen) atoms. The van der Waals surface area contributed by atoms with Crippen LogP contribution in [0.4, 0.5) is 11.4 Å². The van der Waals surface area contributed by atoms with E-state index in [9.17, 15) is 9.59 Å². The topological polar surface area (TPSA) is 67.4 Å². The van der Waals surface area contributed by atoms with Crippen LogP contribution in [0.1, 0.15) is 10.4 Å². The summed E-state index contributed by atoms with van der Waals surface area (Å²) < 4.78 is 5.71. The first-order valence-electron chi connectivity index (χ1n) is 6.56. The van der Waals surface area contributed by atoms with Crippen molar-refractivity contribution in [3.05, 3.63) is 57.7 Å². The highest BCUT2D eigenvalue weighted by atomic mass is 127. The first-order valence-corrected chi connectivity index (χ1v) is 7.64. The molecule has 1 amide bonds. The molecule has 0 unspecified atom stereocenters. The van der Waals surface area contributed by atoms with Gasteiger partial charge in [0, 0.05) is 14.9 Å². The zero-order chi connectivity index (χ0) is 15.9. The Hall–Kier alpha value is -2.09. The zero-order valence-corrected chi connectivity index (χ0v) is 14.1. The van der Waals surface area contributed by atoms with E-state index in [4.69, 9.17) is 0 Å². The number of carbonyl (C=O) groups is 2. The molecule has 0 radical (unpaired) electrons. The fourth-order valence-corrected chi connectivity index (χ4v) is 2.37. The van der Waals surface area contributed by atoms with Crippen LogP contribution in [-0.4, -0.2) is 25.5 Å². The number of anilines is 2. The number of benzene rings is 2. The Morgan fingerprint density at radius 3 is 2.55 bits per heavy atom. The van der Waals surface area contributed by atoms with E-state index in [0.29, 0.717) is 11.3 Å². The van der Waals surface area contributed by atoms with Gasteiger partial charge in [-0.3, -0.25) is 4.79 Å². The third-order valence-electron chi connectivity index (χ3n) is 2.85. The van der Waals surface area contributed by atoms with E-state index in [0.717, 1.165) is 9.26 Å². The maximum atomic E-state index is 11.9. The number of nitrogens with one attached hydrogen (secondary N) is 2. The van der Waals surface area contributed by atoms with Crippen molar-refractivity contribution < 1.29 is 14.3 Å². The number of esters is 1. The number of ether oxygens (including phenoxy) is 1. The fraction of sp³-hybridized carbons (Fsp3) is 0.125. The largest absolute Gasteiger partial charge is 0.465 e. The molecule has 0 heterocycles. The van der Waals surface area contributed by atoms with Gasteiger partial charge < -0.3 is 15.4 Å². The van der Waals surface area contributed by atoms with Crippen molar-refractivity contribution in [3.8, 4) is 0 Å². The molecule has 5 nitrogen and oxygen atoms in total. The molecule has 0 aromatic heterocycles. The van der Waals surface area contributed by atoms with Crippen molar-refractivity contribution in [1.82, 2.24) is 0 Å². The van der Waals surface area contributed by atoms with Crippen molar-refractivity contribution in [1.29, 1.82) is 0 Å². The van der Waals surface area contributed by atoms with E-state index < -0.39 is 5.97 Å². The van der Waals surface area contributed by atoms with Crippen LogP contribution in [0.15, 0.2) is 48.5 Å². The summed E-state index contributed by atoms with van der Waals surface area (Å²) in [5.41, 5.74) is 1.87. The van der Waals surface area contributed by atoms with Crippen LogP contribution >= 0.6 is 22.6 Å². The Labute approximate surface area is 142 Å². The predicted octanol–water partition coefficient (Wildman–Crippen LogP) is 3.13. The molecule has 0 spiro atoms. The van der Waals surface area contributed by atoms with E-state index in [1.165, 1.54) is 7.11 Å². The molecular formula is C16H15IN2O3. The van der Waals surface area contributed by atoms with Crippen molar-refractivity contribution in [3.63, 3.8) is 0 Å². The lowest BCUT2D eigenvalue weighted by molar-refractivity contribution is -0.114. The van der Waals surface area contributed by atoms with Crippen LogP contribution in [0.25, 0.3) is 0 Å². The maximum Gasteiger partial charge on any atom is 0.337 e. The van der Waals surface area contributed by atoms with Crippen molar-refractivity contribution >= 4 is 45.8 Å². The van der Waals surface area contributed by atoms with E-state index >= 15 is 0 Å². The molecule has 0 aliphatic carbocycles. The normalized spacial score (nSPS) is 9.91. The van der Waals surface area contributed by atoms with Gasteiger partial charge in [-0.15, -0.1) is 0 Å². The average Bonchev–Trinajstić information content (AvgIpc) is 2.52. The molecule has 0 bridgehead atoms. The smallest absolute Gasteiger partial charge is 0.337 e. The van der Waals surface area contributed by atoms with Gasteiger partial charge in [-0.2, -0.15) is 0 Å². The molecule has 0 saturated heterocycles. The highest BCUT2D eigenvalue weighted by molar-refractivity contribution is 14.1. The second kappa shape index (κ2) is 7.79. The molecule has 0 aliphatic heterocycles. The number of rotatable bonds is 5. The minimum Gasteiger partial charge on any atom is -0.465 e. The molecule has 6 heteroatoms. The molecule has 0 atom stereocenters. The van der Waals surface area contributed by atoms with Crippen LogP contribution in [-0.2, 0) is 9.53 Å². The van der Waals surface area contributed by atoms with Gasteiger partial charge in [-0.25, -0.2) is 4.79 Å². The molecule has 2 aromatic rings. The van der Waals surface area contributed by atoms with Crippen molar-refractivity contribution in [2.75, 3.05) is 24.3 Å². The highest BCUT2D eigenvalue weighted by Crippen LogP contribution is 2.13. The molecule has 2 aromatic carbocycles. The number of halogens is 1. The molecular weight excluding hydrogens is 395 g/mol. The van der Waals surface area contributed by atoms with Crippen LogP contribution in [0.5, 0.6) is 0 Å². The second-order valence-corrected chi connectivity index (χ2v) is 5.73. The second-order valence-electron chi connectivity index (χ2n) is 4.48. The van der Waals surface area contributed by atoms with E-state index in [1.54, 1.807) is 24.3 Å². The number of hydrogen-bond donors (Lipinski definition) is 2.